The number of nitrogens with two attached hydrogens (primary N) is 1. The standard InChI is InChI=1S/C14H13FN2O2/c1-8-3-2-4-9(7-8)17-11-6-5-10(15)13(16)12(11)14(18)19/h2-7,17H,16H2,1H3,(H,18,19). The quantitative estimate of drug-likeness (QED) is 0.741. The minimum absolute atomic E-state index is 0.261. The van der Waals surface area contributed by atoms with Crippen LogP contribution in [0.15, 0.2) is 36.4 Å². The largest absolute Gasteiger partial charge is 0.478 e. The van der Waals surface area contributed by atoms with Gasteiger partial charge in [0, 0.05) is 5.69 Å². The van der Waals surface area contributed by atoms with Crippen molar-refractivity contribution in [2.75, 3.05) is 11.1 Å². The summed E-state index contributed by atoms with van der Waals surface area (Å²) < 4.78 is 13.3. The van der Waals surface area contributed by atoms with E-state index in [1.807, 2.05) is 25.1 Å². The van der Waals surface area contributed by atoms with Crippen LogP contribution in [0.25, 0.3) is 0 Å². The number of benzene rings is 2. The molecular weight excluding hydrogens is 247 g/mol. The molecule has 0 unspecified atom stereocenters. The van der Waals surface area contributed by atoms with Gasteiger partial charge in [-0.1, -0.05) is 12.1 Å². The summed E-state index contributed by atoms with van der Waals surface area (Å²) in [4.78, 5) is 11.2. The van der Waals surface area contributed by atoms with E-state index in [1.54, 1.807) is 6.07 Å². The lowest BCUT2D eigenvalue weighted by Crippen LogP contribution is -2.08. The van der Waals surface area contributed by atoms with Gasteiger partial charge in [-0.15, -0.1) is 0 Å². The van der Waals surface area contributed by atoms with Gasteiger partial charge in [0.15, 0.2) is 0 Å². The molecule has 0 amide bonds. The van der Waals surface area contributed by atoms with Gasteiger partial charge in [0.05, 0.1) is 11.4 Å². The first-order valence-electron chi connectivity index (χ1n) is 5.64. The highest BCUT2D eigenvalue weighted by Gasteiger charge is 2.17. The zero-order chi connectivity index (χ0) is 14.0. The van der Waals surface area contributed by atoms with Gasteiger partial charge in [0.2, 0.25) is 0 Å². The number of hydrogen-bond acceptors (Lipinski definition) is 3. The number of nitrogens with one attached hydrogen (secondary N) is 1. The number of anilines is 3. The fourth-order valence-electron chi connectivity index (χ4n) is 1.81. The highest BCUT2D eigenvalue weighted by atomic mass is 19.1. The Morgan fingerprint density at radius 1 is 1.32 bits per heavy atom. The fourth-order valence-corrected chi connectivity index (χ4v) is 1.81. The molecule has 0 bridgehead atoms. The van der Waals surface area contributed by atoms with E-state index in [0.717, 1.165) is 11.6 Å². The van der Waals surface area contributed by atoms with Crippen LogP contribution >= 0.6 is 0 Å². The molecule has 0 saturated heterocycles. The van der Waals surface area contributed by atoms with Crippen LogP contribution in [0.2, 0.25) is 0 Å². The second-order valence-corrected chi connectivity index (χ2v) is 4.18. The molecule has 19 heavy (non-hydrogen) atoms. The lowest BCUT2D eigenvalue weighted by atomic mass is 10.1. The molecule has 0 saturated carbocycles. The summed E-state index contributed by atoms with van der Waals surface area (Å²) in [5.74, 6) is -2.01. The van der Waals surface area contributed by atoms with Crippen molar-refractivity contribution in [1.29, 1.82) is 0 Å². The van der Waals surface area contributed by atoms with E-state index in [0.29, 0.717) is 5.69 Å². The maximum absolute atomic E-state index is 13.3. The molecule has 0 radical (unpaired) electrons. The summed E-state index contributed by atoms with van der Waals surface area (Å²) >= 11 is 0. The van der Waals surface area contributed by atoms with Crippen molar-refractivity contribution in [2.24, 2.45) is 0 Å². The van der Waals surface area contributed by atoms with Crippen molar-refractivity contribution in [2.45, 2.75) is 6.92 Å². The van der Waals surface area contributed by atoms with Crippen LogP contribution in [-0.4, -0.2) is 11.1 Å². The third kappa shape index (κ3) is 2.65. The van der Waals surface area contributed by atoms with Crippen molar-refractivity contribution in [3.8, 4) is 0 Å². The first kappa shape index (κ1) is 12.9. The summed E-state index contributed by atoms with van der Waals surface area (Å²) in [7, 11) is 0. The van der Waals surface area contributed by atoms with Crippen molar-refractivity contribution < 1.29 is 14.3 Å². The van der Waals surface area contributed by atoms with Gasteiger partial charge in [-0.3, -0.25) is 0 Å². The Labute approximate surface area is 109 Å². The molecule has 4 N–H and O–H groups in total. The number of carboxylic acids is 1. The Hall–Kier alpha value is -2.56. The summed E-state index contributed by atoms with van der Waals surface area (Å²) in [6, 6.07) is 9.90. The van der Waals surface area contributed by atoms with Gasteiger partial charge in [-0.2, -0.15) is 0 Å². The molecule has 4 nitrogen and oxygen atoms in total. The van der Waals surface area contributed by atoms with Crippen LogP contribution in [0.3, 0.4) is 0 Å². The van der Waals surface area contributed by atoms with Crippen molar-refractivity contribution in [3.05, 3.63) is 53.3 Å². The van der Waals surface area contributed by atoms with E-state index >= 15 is 0 Å². The lowest BCUT2D eigenvalue weighted by molar-refractivity contribution is 0.0698. The molecule has 0 aliphatic heterocycles. The Morgan fingerprint density at radius 2 is 2.05 bits per heavy atom. The second kappa shape index (κ2) is 4.97. The summed E-state index contributed by atoms with van der Waals surface area (Å²) in [5, 5.41) is 12.1. The third-order valence-electron chi connectivity index (χ3n) is 2.70. The van der Waals surface area contributed by atoms with Gasteiger partial charge in [0.25, 0.3) is 0 Å². The van der Waals surface area contributed by atoms with E-state index in [-0.39, 0.29) is 16.9 Å². The van der Waals surface area contributed by atoms with Gasteiger partial charge in [-0.25, -0.2) is 9.18 Å². The van der Waals surface area contributed by atoms with Gasteiger partial charge in [0.1, 0.15) is 11.4 Å². The van der Waals surface area contributed by atoms with E-state index < -0.39 is 11.8 Å². The van der Waals surface area contributed by atoms with E-state index in [9.17, 15) is 9.18 Å². The maximum atomic E-state index is 13.3. The zero-order valence-corrected chi connectivity index (χ0v) is 10.3. The maximum Gasteiger partial charge on any atom is 0.340 e. The van der Waals surface area contributed by atoms with Crippen LogP contribution in [0.4, 0.5) is 21.5 Å². The molecule has 2 aromatic rings. The first-order chi connectivity index (χ1) is 8.99. The summed E-state index contributed by atoms with van der Waals surface area (Å²) in [5.41, 5.74) is 6.84. The van der Waals surface area contributed by atoms with E-state index in [1.165, 1.54) is 6.07 Å². The number of carboxylic acid groups (broad SMARTS) is 1. The van der Waals surface area contributed by atoms with Crippen molar-refractivity contribution in [3.63, 3.8) is 0 Å². The molecular formula is C14H13FN2O2. The number of aromatic carboxylic acids is 1. The zero-order valence-electron chi connectivity index (χ0n) is 10.3. The van der Waals surface area contributed by atoms with Crippen molar-refractivity contribution >= 4 is 23.0 Å². The van der Waals surface area contributed by atoms with Gasteiger partial charge >= 0.3 is 5.97 Å². The van der Waals surface area contributed by atoms with Crippen LogP contribution in [0.5, 0.6) is 0 Å². The van der Waals surface area contributed by atoms with Crippen molar-refractivity contribution in [1.82, 2.24) is 0 Å². The third-order valence-corrected chi connectivity index (χ3v) is 2.70. The fraction of sp³-hybridized carbons (Fsp3) is 0.0714. The highest BCUT2D eigenvalue weighted by molar-refractivity contribution is 6.00. The van der Waals surface area contributed by atoms with E-state index in [4.69, 9.17) is 10.8 Å². The Balaban J connectivity index is 2.46. The molecule has 0 aliphatic rings. The SMILES string of the molecule is Cc1cccc(Nc2ccc(F)c(N)c2C(=O)O)c1. The summed E-state index contributed by atoms with van der Waals surface area (Å²) in [6.07, 6.45) is 0. The monoisotopic (exact) mass is 260 g/mol. The van der Waals surface area contributed by atoms with Gasteiger partial charge < -0.3 is 16.2 Å². The number of hydrogen-bond donors (Lipinski definition) is 3. The van der Waals surface area contributed by atoms with Gasteiger partial charge in [-0.05, 0) is 36.8 Å². The minimum atomic E-state index is -1.27. The lowest BCUT2D eigenvalue weighted by Gasteiger charge is -2.12. The Bertz CT molecular complexity index is 641. The average Bonchev–Trinajstić information content (AvgIpc) is 2.33. The smallest absolute Gasteiger partial charge is 0.340 e. The normalized spacial score (nSPS) is 10.2. The predicted molar refractivity (Wildman–Crippen MR) is 72.2 cm³/mol. The molecule has 0 fully saturated rings. The molecule has 2 aromatic carbocycles. The number of rotatable bonds is 3. The van der Waals surface area contributed by atoms with Crippen LogP contribution < -0.4 is 11.1 Å². The Morgan fingerprint density at radius 3 is 2.68 bits per heavy atom. The minimum Gasteiger partial charge on any atom is -0.478 e. The van der Waals surface area contributed by atoms with Crippen LogP contribution in [-0.2, 0) is 0 Å². The van der Waals surface area contributed by atoms with Crippen LogP contribution in [0.1, 0.15) is 15.9 Å². The Kier molecular flexibility index (Phi) is 3.37. The number of aryl methyl sites for hydroxylation is 1. The second-order valence-electron chi connectivity index (χ2n) is 4.18. The number of nitrogen functional groups attached to an aromatic ring is 1. The summed E-state index contributed by atoms with van der Waals surface area (Å²) in [6.45, 7) is 1.92. The molecule has 0 aliphatic carbocycles. The molecule has 0 spiro atoms. The number of halogens is 1. The molecule has 5 heteroatoms. The average molecular weight is 260 g/mol. The topological polar surface area (TPSA) is 75.3 Å². The molecule has 2 rings (SSSR count). The molecule has 0 aromatic heterocycles. The molecule has 0 heterocycles. The first-order valence-corrected chi connectivity index (χ1v) is 5.64. The highest BCUT2D eigenvalue weighted by Crippen LogP contribution is 2.28. The number of carbonyl (C=O) groups is 1. The van der Waals surface area contributed by atoms with E-state index in [2.05, 4.69) is 5.32 Å². The molecule has 0 atom stereocenters. The predicted octanol–water partition coefficient (Wildman–Crippen LogP) is 3.16. The molecule has 98 valence electrons. The van der Waals surface area contributed by atoms with Crippen LogP contribution in [0, 0.1) is 12.7 Å².